The molecule has 0 spiro atoms. The highest BCUT2D eigenvalue weighted by Gasteiger charge is 2.50. The number of fused-ring (bicyclic) bond motifs is 1. The van der Waals surface area contributed by atoms with E-state index < -0.39 is 24.7 Å². The summed E-state index contributed by atoms with van der Waals surface area (Å²) in [4.78, 5) is 2.16. The number of alkyl halides is 2. The van der Waals surface area contributed by atoms with E-state index in [1.165, 1.54) is 31.3 Å². The second-order valence-electron chi connectivity index (χ2n) is 11.5. The maximum atomic E-state index is 13.1. The van der Waals surface area contributed by atoms with Crippen LogP contribution in [0.25, 0.3) is 0 Å². The van der Waals surface area contributed by atoms with E-state index in [-0.39, 0.29) is 0 Å². The Balaban J connectivity index is 1.37. The van der Waals surface area contributed by atoms with Gasteiger partial charge < -0.3 is 14.9 Å². The van der Waals surface area contributed by atoms with E-state index in [1.54, 1.807) is 0 Å². The minimum Gasteiger partial charge on any atom is -0.388 e. The molecule has 0 aromatic rings. The summed E-state index contributed by atoms with van der Waals surface area (Å²) in [6.45, 7) is 11.0. The largest absolute Gasteiger partial charge is 0.388 e. The molecule has 34 heavy (non-hydrogen) atoms. The summed E-state index contributed by atoms with van der Waals surface area (Å²) in [5, 5.41) is 20.3. The summed E-state index contributed by atoms with van der Waals surface area (Å²) >= 11 is 0. The van der Waals surface area contributed by atoms with E-state index in [9.17, 15) is 19.0 Å². The number of morpholine rings is 1. The lowest BCUT2D eigenvalue weighted by Crippen LogP contribution is -2.46. The number of hydrogen-bond donors (Lipinski definition) is 2. The molecule has 4 fully saturated rings. The molecule has 3 aliphatic carbocycles. The monoisotopic (exact) mass is 479 g/mol. The van der Waals surface area contributed by atoms with Crippen LogP contribution in [0, 0.1) is 23.2 Å². The van der Waals surface area contributed by atoms with Gasteiger partial charge in [-0.25, -0.2) is 8.78 Å². The van der Waals surface area contributed by atoms with Gasteiger partial charge in [0.25, 0.3) is 6.43 Å². The van der Waals surface area contributed by atoms with Crippen molar-refractivity contribution in [2.45, 2.75) is 90.0 Å². The summed E-state index contributed by atoms with van der Waals surface area (Å²) in [6, 6.07) is 0. The molecular formula is C28H43F2NO3. The molecule has 1 saturated heterocycles. The van der Waals surface area contributed by atoms with Crippen LogP contribution >= 0.6 is 0 Å². The second-order valence-corrected chi connectivity index (χ2v) is 11.5. The van der Waals surface area contributed by atoms with Crippen molar-refractivity contribution in [3.05, 3.63) is 35.5 Å². The predicted molar refractivity (Wildman–Crippen MR) is 131 cm³/mol. The molecule has 4 aliphatic rings. The van der Waals surface area contributed by atoms with Gasteiger partial charge in [-0.2, -0.15) is 0 Å². The maximum Gasteiger partial charge on any atom is 0.265 e. The number of halogens is 2. The number of ether oxygens (including phenoxy) is 1. The Morgan fingerprint density at radius 1 is 1.21 bits per heavy atom. The topological polar surface area (TPSA) is 52.9 Å². The van der Waals surface area contributed by atoms with Gasteiger partial charge in [0.15, 0.2) is 0 Å². The Morgan fingerprint density at radius 2 is 1.94 bits per heavy atom. The van der Waals surface area contributed by atoms with Crippen LogP contribution in [0.4, 0.5) is 8.78 Å². The maximum absolute atomic E-state index is 13.1. The van der Waals surface area contributed by atoms with E-state index in [2.05, 4.69) is 37.5 Å². The molecular weight excluding hydrogens is 436 g/mol. The van der Waals surface area contributed by atoms with Crippen LogP contribution in [0.1, 0.15) is 65.2 Å². The lowest BCUT2D eigenvalue weighted by Gasteiger charge is -2.45. The minimum atomic E-state index is -2.41. The number of allylic oxidation sites excluding steroid dienone is 3. The zero-order valence-electron chi connectivity index (χ0n) is 20.9. The average molecular weight is 480 g/mol. The fourth-order valence-corrected chi connectivity index (χ4v) is 7.31. The summed E-state index contributed by atoms with van der Waals surface area (Å²) in [5.41, 5.74) is 3.45. The first-order chi connectivity index (χ1) is 16.2. The molecule has 1 unspecified atom stereocenters. The lowest BCUT2D eigenvalue weighted by molar-refractivity contribution is -0.103. The fourth-order valence-electron chi connectivity index (χ4n) is 7.31. The van der Waals surface area contributed by atoms with Gasteiger partial charge in [-0.3, -0.25) is 4.90 Å². The molecule has 2 N–H and O–H groups in total. The Labute approximate surface area is 203 Å². The van der Waals surface area contributed by atoms with E-state index >= 15 is 0 Å². The van der Waals surface area contributed by atoms with Crippen LogP contribution in [0.3, 0.4) is 0 Å². The lowest BCUT2D eigenvalue weighted by atomic mass is 9.61. The van der Waals surface area contributed by atoms with Gasteiger partial charge >= 0.3 is 0 Å². The van der Waals surface area contributed by atoms with Gasteiger partial charge in [-0.15, -0.1) is 0 Å². The average Bonchev–Trinajstić information content (AvgIpc) is 3.17. The first-order valence-corrected chi connectivity index (χ1v) is 13.2. The zero-order valence-corrected chi connectivity index (χ0v) is 20.9. The minimum absolute atomic E-state index is 0.290. The summed E-state index contributed by atoms with van der Waals surface area (Å²) < 4.78 is 31.3. The number of aliphatic hydroxyl groups is 2. The highest BCUT2D eigenvalue weighted by atomic mass is 19.3. The van der Waals surface area contributed by atoms with Crippen LogP contribution < -0.4 is 0 Å². The molecule has 0 amide bonds. The Kier molecular flexibility index (Phi) is 8.33. The summed E-state index contributed by atoms with van der Waals surface area (Å²) in [7, 11) is 0. The van der Waals surface area contributed by atoms with Crippen molar-refractivity contribution in [3.63, 3.8) is 0 Å². The molecule has 1 heterocycles. The van der Waals surface area contributed by atoms with Crippen molar-refractivity contribution < 1.29 is 23.7 Å². The molecule has 6 heteroatoms. The van der Waals surface area contributed by atoms with Crippen molar-refractivity contribution in [1.29, 1.82) is 0 Å². The summed E-state index contributed by atoms with van der Waals surface area (Å²) in [6.07, 6.45) is 8.00. The zero-order chi connectivity index (χ0) is 24.5. The van der Waals surface area contributed by atoms with Gasteiger partial charge in [-0.05, 0) is 86.7 Å². The Morgan fingerprint density at radius 3 is 2.65 bits per heavy atom. The van der Waals surface area contributed by atoms with Crippen molar-refractivity contribution in [2.24, 2.45) is 23.2 Å². The van der Waals surface area contributed by atoms with Gasteiger partial charge in [0, 0.05) is 13.1 Å². The smallest absolute Gasteiger partial charge is 0.265 e. The second kappa shape index (κ2) is 10.9. The normalized spacial score (nSPS) is 39.5. The van der Waals surface area contributed by atoms with E-state index in [4.69, 9.17) is 4.74 Å². The highest BCUT2D eigenvalue weighted by Crippen LogP contribution is 2.59. The third kappa shape index (κ3) is 5.50. The van der Waals surface area contributed by atoms with Crippen LogP contribution in [-0.4, -0.2) is 66.1 Å². The molecule has 3 saturated carbocycles. The fraction of sp³-hybridized carbons (Fsp3) is 0.786. The quantitative estimate of drug-likeness (QED) is 0.519. The molecule has 0 aromatic heterocycles. The third-order valence-electron chi connectivity index (χ3n) is 9.38. The molecule has 0 aromatic carbocycles. The van der Waals surface area contributed by atoms with Gasteiger partial charge in [0.2, 0.25) is 0 Å². The Hall–Kier alpha value is -1.08. The molecule has 7 atom stereocenters. The first kappa shape index (κ1) is 26.0. The van der Waals surface area contributed by atoms with Crippen molar-refractivity contribution in [2.75, 3.05) is 26.2 Å². The van der Waals surface area contributed by atoms with Crippen molar-refractivity contribution in [1.82, 2.24) is 4.90 Å². The highest BCUT2D eigenvalue weighted by molar-refractivity contribution is 5.29. The van der Waals surface area contributed by atoms with E-state index in [0.717, 1.165) is 31.5 Å². The number of nitrogens with zero attached hydrogens (tertiary/aromatic N) is 1. The van der Waals surface area contributed by atoms with Crippen molar-refractivity contribution >= 4 is 0 Å². The standard InChI is InChI=1S/C28H43F2NO3/c1-18(10-12-31-13-14-34-26(17-31)27(29)30)22-8-9-23-21(5-4-11-28(22,23)3)7-6-20-15-24(32)19(2)25(33)16-20/h6-7,18,22-27,32-33H,2,4-5,8-17H2,1,3H3/b21-7+/t18?,22-,23+,24-,25-,26-,28-/m1/s1. The number of rotatable bonds is 6. The molecule has 0 radical (unpaired) electrons. The van der Waals surface area contributed by atoms with Gasteiger partial charge in [0.1, 0.15) is 6.10 Å². The predicted octanol–water partition coefficient (Wildman–Crippen LogP) is 5.12. The van der Waals surface area contributed by atoms with E-state index in [1.807, 2.05) is 0 Å². The Bertz CT molecular complexity index is 781. The molecule has 1 aliphatic heterocycles. The number of aliphatic hydroxyl groups excluding tert-OH is 2. The SMILES string of the molecule is C=C1[C@H](O)CC(=C/C=C2\CCC[C@]3(C)[C@@H](C(C)CCN4CCO[C@@H](C(F)F)C4)CC[C@@H]23)C[C@H]1O. The van der Waals surface area contributed by atoms with Crippen molar-refractivity contribution in [3.8, 4) is 0 Å². The molecule has 4 nitrogen and oxygen atoms in total. The molecule has 0 bridgehead atoms. The van der Waals surface area contributed by atoms with Gasteiger partial charge in [0.05, 0.1) is 18.8 Å². The van der Waals surface area contributed by atoms with Crippen LogP contribution in [0.15, 0.2) is 35.5 Å². The third-order valence-corrected chi connectivity index (χ3v) is 9.38. The molecule has 192 valence electrons. The molecule has 4 rings (SSSR count). The van der Waals surface area contributed by atoms with Crippen LogP contribution in [0.2, 0.25) is 0 Å². The summed E-state index contributed by atoms with van der Waals surface area (Å²) in [5.74, 6) is 1.81. The van der Waals surface area contributed by atoms with Crippen LogP contribution in [0.5, 0.6) is 0 Å². The van der Waals surface area contributed by atoms with Gasteiger partial charge in [-0.1, -0.05) is 43.7 Å². The van der Waals surface area contributed by atoms with Crippen LogP contribution in [-0.2, 0) is 4.74 Å². The van der Waals surface area contributed by atoms with E-state index in [0.29, 0.717) is 54.7 Å². The first-order valence-electron chi connectivity index (χ1n) is 13.2. The number of hydrogen-bond acceptors (Lipinski definition) is 4.